The number of hydrogen-bond donors (Lipinski definition) is 1. The molecule has 0 saturated heterocycles. The van der Waals surface area contributed by atoms with Gasteiger partial charge in [0, 0.05) is 17.5 Å². The third-order valence-electron chi connectivity index (χ3n) is 3.36. The lowest BCUT2D eigenvalue weighted by Crippen LogP contribution is -2.34. The maximum atomic E-state index is 14.0. The Labute approximate surface area is 110 Å². The summed E-state index contributed by atoms with van der Waals surface area (Å²) in [4.78, 5) is 0. The highest BCUT2D eigenvalue weighted by molar-refractivity contribution is 5.38. The van der Waals surface area contributed by atoms with Crippen molar-refractivity contribution in [1.82, 2.24) is 5.32 Å². The minimum atomic E-state index is -0.180. The van der Waals surface area contributed by atoms with E-state index in [1.807, 2.05) is 6.07 Å². The van der Waals surface area contributed by atoms with Gasteiger partial charge >= 0.3 is 0 Å². The number of benzene rings is 1. The lowest BCUT2D eigenvalue weighted by molar-refractivity contribution is 0.376. The Morgan fingerprint density at radius 2 is 2.06 bits per heavy atom. The highest BCUT2D eigenvalue weighted by Crippen LogP contribution is 2.32. The summed E-state index contributed by atoms with van der Waals surface area (Å²) in [6.45, 7) is 7.18. The summed E-state index contributed by atoms with van der Waals surface area (Å²) in [6.07, 6.45) is 2.12. The molecule has 102 valence electrons. The minimum absolute atomic E-state index is 0.0982. The molecule has 1 N–H and O–H groups in total. The first-order valence-electron chi connectivity index (χ1n) is 6.71. The highest BCUT2D eigenvalue weighted by atomic mass is 19.1. The van der Waals surface area contributed by atoms with Gasteiger partial charge in [0.15, 0.2) is 0 Å². The third-order valence-corrected chi connectivity index (χ3v) is 3.36. The van der Waals surface area contributed by atoms with Crippen LogP contribution in [0.2, 0.25) is 0 Å². The molecule has 0 bridgehead atoms. The van der Waals surface area contributed by atoms with E-state index < -0.39 is 0 Å². The second kappa shape index (κ2) is 7.37. The molecular formula is C15H24FNO. The molecule has 1 rings (SSSR count). The molecule has 0 aromatic heterocycles. The van der Waals surface area contributed by atoms with Gasteiger partial charge in [0.1, 0.15) is 11.6 Å². The number of methoxy groups -OCH3 is 1. The Balaban J connectivity index is 3.02. The standard InChI is InChI=1S/C15H24FNO/c1-5-8-13(17-6-2)11(3)15-12(16)9-7-10-14(15)18-4/h7,9-11,13,17H,5-6,8H2,1-4H3. The van der Waals surface area contributed by atoms with Crippen LogP contribution in [0.5, 0.6) is 5.75 Å². The fraction of sp³-hybridized carbons (Fsp3) is 0.600. The molecule has 0 aliphatic carbocycles. The zero-order valence-electron chi connectivity index (χ0n) is 11.8. The zero-order valence-corrected chi connectivity index (χ0v) is 11.8. The predicted molar refractivity (Wildman–Crippen MR) is 73.7 cm³/mol. The predicted octanol–water partition coefficient (Wildman–Crippen LogP) is 3.72. The molecule has 0 saturated carbocycles. The average molecular weight is 253 g/mol. The van der Waals surface area contributed by atoms with E-state index in [2.05, 4.69) is 26.1 Å². The van der Waals surface area contributed by atoms with Gasteiger partial charge in [0.2, 0.25) is 0 Å². The van der Waals surface area contributed by atoms with Gasteiger partial charge in [-0.05, 0) is 25.1 Å². The lowest BCUT2D eigenvalue weighted by atomic mass is 9.89. The van der Waals surface area contributed by atoms with Crippen LogP contribution in [0.3, 0.4) is 0 Å². The third kappa shape index (κ3) is 3.45. The van der Waals surface area contributed by atoms with Crippen LogP contribution in [-0.2, 0) is 0 Å². The zero-order chi connectivity index (χ0) is 13.5. The van der Waals surface area contributed by atoms with Crippen molar-refractivity contribution in [2.24, 2.45) is 0 Å². The van der Waals surface area contributed by atoms with Crippen LogP contribution in [0.15, 0.2) is 18.2 Å². The molecule has 0 aliphatic rings. The molecule has 0 amide bonds. The van der Waals surface area contributed by atoms with Gasteiger partial charge in [-0.3, -0.25) is 0 Å². The number of likely N-dealkylation sites (N-methyl/N-ethyl adjacent to an activating group) is 1. The van der Waals surface area contributed by atoms with Crippen molar-refractivity contribution in [2.75, 3.05) is 13.7 Å². The van der Waals surface area contributed by atoms with Crippen LogP contribution in [0, 0.1) is 5.82 Å². The van der Waals surface area contributed by atoms with Crippen molar-refractivity contribution < 1.29 is 9.13 Å². The van der Waals surface area contributed by atoms with Crippen LogP contribution in [0.25, 0.3) is 0 Å². The van der Waals surface area contributed by atoms with E-state index in [0.29, 0.717) is 11.3 Å². The highest BCUT2D eigenvalue weighted by Gasteiger charge is 2.23. The number of hydrogen-bond acceptors (Lipinski definition) is 2. The normalized spacial score (nSPS) is 14.3. The van der Waals surface area contributed by atoms with Crippen LogP contribution in [0.1, 0.15) is 45.1 Å². The largest absolute Gasteiger partial charge is 0.496 e. The fourth-order valence-corrected chi connectivity index (χ4v) is 2.44. The Hall–Kier alpha value is -1.09. The van der Waals surface area contributed by atoms with Crippen molar-refractivity contribution >= 4 is 0 Å². The second-order valence-electron chi connectivity index (χ2n) is 4.60. The van der Waals surface area contributed by atoms with Crippen molar-refractivity contribution in [3.8, 4) is 5.75 Å². The van der Waals surface area contributed by atoms with E-state index in [9.17, 15) is 4.39 Å². The molecule has 0 heterocycles. The summed E-state index contributed by atoms with van der Waals surface area (Å²) >= 11 is 0. The summed E-state index contributed by atoms with van der Waals surface area (Å²) in [7, 11) is 1.59. The molecule has 0 aliphatic heterocycles. The van der Waals surface area contributed by atoms with Crippen LogP contribution in [-0.4, -0.2) is 19.7 Å². The van der Waals surface area contributed by atoms with E-state index in [4.69, 9.17) is 4.74 Å². The Morgan fingerprint density at radius 3 is 2.61 bits per heavy atom. The SMILES string of the molecule is CCCC(NCC)C(C)c1c(F)cccc1OC. The topological polar surface area (TPSA) is 21.3 Å². The summed E-state index contributed by atoms with van der Waals surface area (Å²) < 4.78 is 19.3. The van der Waals surface area contributed by atoms with Crippen molar-refractivity contribution in [2.45, 2.75) is 45.6 Å². The summed E-state index contributed by atoms with van der Waals surface area (Å²) in [5, 5.41) is 3.44. The van der Waals surface area contributed by atoms with E-state index in [1.54, 1.807) is 13.2 Å². The first-order valence-corrected chi connectivity index (χ1v) is 6.71. The summed E-state index contributed by atoms with van der Waals surface area (Å²) in [5.74, 6) is 0.559. The van der Waals surface area contributed by atoms with Gasteiger partial charge in [-0.1, -0.05) is 33.3 Å². The lowest BCUT2D eigenvalue weighted by Gasteiger charge is -2.26. The molecule has 0 fully saturated rings. The van der Waals surface area contributed by atoms with Gasteiger partial charge in [-0.15, -0.1) is 0 Å². The first kappa shape index (κ1) is 15.0. The molecule has 1 aromatic carbocycles. The van der Waals surface area contributed by atoms with Gasteiger partial charge in [-0.25, -0.2) is 4.39 Å². The van der Waals surface area contributed by atoms with E-state index in [-0.39, 0.29) is 17.8 Å². The molecule has 0 radical (unpaired) electrons. The Kier molecular flexibility index (Phi) is 6.13. The minimum Gasteiger partial charge on any atom is -0.496 e. The van der Waals surface area contributed by atoms with E-state index >= 15 is 0 Å². The summed E-state index contributed by atoms with van der Waals surface area (Å²) in [6, 6.07) is 5.30. The van der Waals surface area contributed by atoms with Crippen LogP contribution in [0.4, 0.5) is 4.39 Å². The van der Waals surface area contributed by atoms with Gasteiger partial charge in [-0.2, -0.15) is 0 Å². The quantitative estimate of drug-likeness (QED) is 0.799. The second-order valence-corrected chi connectivity index (χ2v) is 4.60. The van der Waals surface area contributed by atoms with Crippen LogP contribution >= 0.6 is 0 Å². The number of nitrogens with one attached hydrogen (secondary N) is 1. The molecule has 18 heavy (non-hydrogen) atoms. The molecule has 2 nitrogen and oxygen atoms in total. The molecule has 1 aromatic rings. The Morgan fingerprint density at radius 1 is 1.33 bits per heavy atom. The van der Waals surface area contributed by atoms with E-state index in [1.165, 1.54) is 6.07 Å². The van der Waals surface area contributed by atoms with Crippen molar-refractivity contribution in [3.05, 3.63) is 29.6 Å². The average Bonchev–Trinajstić information content (AvgIpc) is 2.37. The van der Waals surface area contributed by atoms with Crippen molar-refractivity contribution in [3.63, 3.8) is 0 Å². The fourth-order valence-electron chi connectivity index (χ4n) is 2.44. The summed E-state index contributed by atoms with van der Waals surface area (Å²) in [5.41, 5.74) is 0.680. The Bertz CT molecular complexity index is 362. The number of ether oxygens (including phenoxy) is 1. The van der Waals surface area contributed by atoms with E-state index in [0.717, 1.165) is 19.4 Å². The molecule has 2 unspecified atom stereocenters. The number of halogens is 1. The van der Waals surface area contributed by atoms with Gasteiger partial charge < -0.3 is 10.1 Å². The van der Waals surface area contributed by atoms with Gasteiger partial charge in [0.25, 0.3) is 0 Å². The monoisotopic (exact) mass is 253 g/mol. The number of rotatable bonds is 7. The maximum absolute atomic E-state index is 14.0. The van der Waals surface area contributed by atoms with Crippen molar-refractivity contribution in [1.29, 1.82) is 0 Å². The van der Waals surface area contributed by atoms with Crippen LogP contribution < -0.4 is 10.1 Å². The molecule has 0 spiro atoms. The maximum Gasteiger partial charge on any atom is 0.130 e. The molecular weight excluding hydrogens is 229 g/mol. The van der Waals surface area contributed by atoms with Gasteiger partial charge in [0.05, 0.1) is 7.11 Å². The first-order chi connectivity index (χ1) is 8.65. The molecule has 2 atom stereocenters. The molecule has 3 heteroatoms. The smallest absolute Gasteiger partial charge is 0.130 e.